The molecule has 0 amide bonds. The Labute approximate surface area is 191 Å². The van der Waals surface area contributed by atoms with E-state index in [1.165, 1.54) is 12.1 Å². The van der Waals surface area contributed by atoms with Crippen LogP contribution in [0.15, 0.2) is 53.8 Å². The van der Waals surface area contributed by atoms with Crippen LogP contribution in [0, 0.1) is 13.8 Å². The Balaban J connectivity index is 1.65. The second-order valence-corrected chi connectivity index (χ2v) is 9.26. The number of imidazole rings is 1. The lowest BCUT2D eigenvalue weighted by molar-refractivity contribution is 0.122. The Hall–Kier alpha value is -3.57. The summed E-state index contributed by atoms with van der Waals surface area (Å²) in [5.41, 5.74) is 2.49. The second-order valence-electron chi connectivity index (χ2n) is 7.71. The maximum atomic E-state index is 13.0. The highest BCUT2D eigenvalue weighted by Gasteiger charge is 2.25. The Bertz CT molecular complexity index is 1410. The Morgan fingerprint density at radius 1 is 1.00 bits per heavy atom. The molecule has 0 saturated carbocycles. The highest BCUT2D eigenvalue weighted by Crippen LogP contribution is 2.29. The van der Waals surface area contributed by atoms with E-state index in [1.807, 2.05) is 30.9 Å². The van der Waals surface area contributed by atoms with Crippen molar-refractivity contribution in [2.75, 3.05) is 31.2 Å². The monoisotopic (exact) mass is 466 g/mol. The van der Waals surface area contributed by atoms with E-state index in [0.29, 0.717) is 43.7 Å². The van der Waals surface area contributed by atoms with E-state index in [-0.39, 0.29) is 16.3 Å². The fraction of sp³-hybridized carbons (Fsp3) is 0.273. The smallest absolute Gasteiger partial charge is 0.340 e. The van der Waals surface area contributed by atoms with Crippen LogP contribution in [0.2, 0.25) is 0 Å². The molecule has 5 rings (SSSR count). The summed E-state index contributed by atoms with van der Waals surface area (Å²) in [7, 11) is -4.13. The van der Waals surface area contributed by atoms with E-state index >= 15 is 0 Å². The number of pyridine rings is 1. The lowest BCUT2D eigenvalue weighted by atomic mass is 10.2. The summed E-state index contributed by atoms with van der Waals surface area (Å²) in [4.78, 5) is 19.9. The zero-order valence-electron chi connectivity index (χ0n) is 18.2. The van der Waals surface area contributed by atoms with Gasteiger partial charge in [0.05, 0.1) is 13.2 Å². The van der Waals surface area contributed by atoms with Crippen LogP contribution in [0.5, 0.6) is 5.88 Å². The number of benzene rings is 1. The quantitative estimate of drug-likeness (QED) is 0.409. The Morgan fingerprint density at radius 2 is 1.76 bits per heavy atom. The molecule has 0 atom stereocenters. The van der Waals surface area contributed by atoms with Gasteiger partial charge in [-0.05, 0) is 37.6 Å². The third-order valence-corrected chi connectivity index (χ3v) is 6.58. The van der Waals surface area contributed by atoms with Crippen LogP contribution in [0.3, 0.4) is 0 Å². The Kier molecular flexibility index (Phi) is 5.43. The van der Waals surface area contributed by atoms with Gasteiger partial charge in [-0.25, -0.2) is 9.97 Å². The normalized spacial score (nSPS) is 14.5. The molecule has 0 radical (unpaired) electrons. The van der Waals surface area contributed by atoms with Crippen molar-refractivity contribution >= 4 is 27.2 Å². The zero-order valence-corrected chi connectivity index (χ0v) is 19.0. The fourth-order valence-corrected chi connectivity index (χ4v) is 4.46. The topological polar surface area (TPSA) is 112 Å². The maximum absolute atomic E-state index is 13.0. The number of hydrogen-bond donors (Lipinski definition) is 0. The summed E-state index contributed by atoms with van der Waals surface area (Å²) in [6, 6.07) is 10.2. The second kappa shape index (κ2) is 8.41. The molecule has 4 heterocycles. The molecule has 1 aliphatic rings. The van der Waals surface area contributed by atoms with Crippen molar-refractivity contribution < 1.29 is 17.3 Å². The number of anilines is 1. The molecular weight excluding hydrogens is 444 g/mol. The van der Waals surface area contributed by atoms with Crippen molar-refractivity contribution in [1.29, 1.82) is 0 Å². The molecule has 10 nitrogen and oxygen atoms in total. The fourth-order valence-electron chi connectivity index (χ4n) is 3.57. The summed E-state index contributed by atoms with van der Waals surface area (Å²) in [5.74, 6) is 0.851. The van der Waals surface area contributed by atoms with E-state index in [9.17, 15) is 8.42 Å². The molecule has 1 aliphatic heterocycles. The highest BCUT2D eigenvalue weighted by atomic mass is 32.2. The average molecular weight is 467 g/mol. The minimum Gasteiger partial charge on any atom is -0.378 e. The van der Waals surface area contributed by atoms with E-state index in [1.54, 1.807) is 29.2 Å². The molecule has 11 heteroatoms. The van der Waals surface area contributed by atoms with Crippen LogP contribution in [0.4, 0.5) is 5.95 Å². The molecule has 0 unspecified atom stereocenters. The molecule has 1 aromatic carbocycles. The van der Waals surface area contributed by atoms with Crippen LogP contribution < -0.4 is 9.08 Å². The number of fused-ring (bicyclic) bond motifs is 1. The van der Waals surface area contributed by atoms with Crippen molar-refractivity contribution in [2.45, 2.75) is 18.7 Å². The predicted molar refractivity (Wildman–Crippen MR) is 121 cm³/mol. The summed E-state index contributed by atoms with van der Waals surface area (Å²) in [6.45, 7) is 6.01. The third kappa shape index (κ3) is 4.12. The molecule has 0 spiro atoms. The first-order chi connectivity index (χ1) is 15.9. The molecule has 0 aliphatic carbocycles. The number of ether oxygens (including phenoxy) is 1. The molecule has 4 aromatic rings. The molecule has 3 aromatic heterocycles. The number of hydrogen-bond acceptors (Lipinski definition) is 9. The van der Waals surface area contributed by atoms with Gasteiger partial charge in [0.25, 0.3) is 5.88 Å². The first-order valence-electron chi connectivity index (χ1n) is 10.4. The van der Waals surface area contributed by atoms with Gasteiger partial charge in [-0.1, -0.05) is 23.8 Å². The first-order valence-corrected chi connectivity index (χ1v) is 11.8. The third-order valence-electron chi connectivity index (χ3n) is 5.35. The van der Waals surface area contributed by atoms with Gasteiger partial charge < -0.3 is 13.8 Å². The van der Waals surface area contributed by atoms with Crippen LogP contribution in [-0.4, -0.2) is 59.2 Å². The zero-order chi connectivity index (χ0) is 23.0. The van der Waals surface area contributed by atoms with Crippen LogP contribution >= 0.6 is 0 Å². The lowest BCUT2D eigenvalue weighted by Crippen LogP contribution is -2.37. The van der Waals surface area contributed by atoms with Crippen molar-refractivity contribution in [3.05, 3.63) is 60.0 Å². The average Bonchev–Trinajstić information content (AvgIpc) is 3.24. The number of morpholine rings is 1. The van der Waals surface area contributed by atoms with Gasteiger partial charge in [-0.2, -0.15) is 18.4 Å². The van der Waals surface area contributed by atoms with Gasteiger partial charge in [-0.15, -0.1) is 0 Å². The molecule has 1 fully saturated rings. The number of rotatable bonds is 5. The highest BCUT2D eigenvalue weighted by molar-refractivity contribution is 7.87. The molecular formula is C22H22N6O4S. The summed E-state index contributed by atoms with van der Waals surface area (Å²) >= 11 is 0. The van der Waals surface area contributed by atoms with Crippen molar-refractivity contribution in [2.24, 2.45) is 0 Å². The lowest BCUT2D eigenvalue weighted by Gasteiger charge is -2.26. The van der Waals surface area contributed by atoms with Gasteiger partial charge in [-0.3, -0.25) is 4.57 Å². The van der Waals surface area contributed by atoms with E-state index < -0.39 is 10.1 Å². The summed E-state index contributed by atoms with van der Waals surface area (Å²) in [6.07, 6.45) is 3.22. The molecule has 33 heavy (non-hydrogen) atoms. The minimum atomic E-state index is -4.13. The van der Waals surface area contributed by atoms with Gasteiger partial charge >= 0.3 is 10.1 Å². The SMILES string of the molecule is Cc1ccc(S(=O)(=O)Oc2nc(N3CCOCC3)nc3c2ncn3-c2ncccc2C)cc1. The largest absolute Gasteiger partial charge is 0.378 e. The number of aromatic nitrogens is 5. The molecule has 170 valence electrons. The summed E-state index contributed by atoms with van der Waals surface area (Å²) < 4.78 is 38.7. The van der Waals surface area contributed by atoms with E-state index in [4.69, 9.17) is 13.9 Å². The van der Waals surface area contributed by atoms with Gasteiger partial charge in [0.15, 0.2) is 11.2 Å². The van der Waals surface area contributed by atoms with Crippen molar-refractivity contribution in [3.8, 4) is 11.7 Å². The van der Waals surface area contributed by atoms with Crippen LogP contribution in [0.25, 0.3) is 17.0 Å². The van der Waals surface area contributed by atoms with Crippen molar-refractivity contribution in [1.82, 2.24) is 24.5 Å². The van der Waals surface area contributed by atoms with Crippen LogP contribution in [-0.2, 0) is 14.9 Å². The molecule has 0 bridgehead atoms. The summed E-state index contributed by atoms with van der Waals surface area (Å²) in [5, 5.41) is 0. The van der Waals surface area contributed by atoms with Gasteiger partial charge in [0.1, 0.15) is 17.0 Å². The van der Waals surface area contributed by atoms with Crippen LogP contribution in [0.1, 0.15) is 11.1 Å². The predicted octanol–water partition coefficient (Wildman–Crippen LogP) is 2.43. The maximum Gasteiger partial charge on any atom is 0.340 e. The van der Waals surface area contributed by atoms with Gasteiger partial charge in [0.2, 0.25) is 5.95 Å². The standard InChI is InChI=1S/C22H22N6O4S/c1-15-5-7-17(8-6-15)33(29,30)32-21-18-20(25-22(26-21)27-10-12-31-13-11-27)28(14-24-18)19-16(2)4-3-9-23-19/h3-9,14H,10-13H2,1-2H3. The van der Waals surface area contributed by atoms with E-state index in [2.05, 4.69) is 15.0 Å². The number of nitrogens with zero attached hydrogens (tertiary/aromatic N) is 6. The van der Waals surface area contributed by atoms with Crippen molar-refractivity contribution in [3.63, 3.8) is 0 Å². The minimum absolute atomic E-state index is 0.0350. The van der Waals surface area contributed by atoms with Gasteiger partial charge in [0, 0.05) is 19.3 Å². The number of aryl methyl sites for hydroxylation is 2. The first kappa shape index (κ1) is 21.3. The van der Waals surface area contributed by atoms with E-state index in [0.717, 1.165) is 11.1 Å². The Morgan fingerprint density at radius 3 is 2.48 bits per heavy atom. The molecule has 1 saturated heterocycles. The molecule has 0 N–H and O–H groups in total.